The maximum atomic E-state index is 13.6. The molecule has 1 aromatic heterocycles. The average molecular weight is 443 g/mol. The van der Waals surface area contributed by atoms with Crippen LogP contribution in [-0.2, 0) is 11.2 Å². The molecule has 2 atom stereocenters. The Morgan fingerprint density at radius 1 is 1.06 bits per heavy atom. The first-order chi connectivity index (χ1) is 16.0. The number of hydrogen-bond donors (Lipinski definition) is 2. The van der Waals surface area contributed by atoms with Crippen LogP contribution in [0.4, 0.5) is 0 Å². The number of phenols is 1. The highest BCUT2D eigenvalue weighted by atomic mass is 16.5. The summed E-state index contributed by atoms with van der Waals surface area (Å²) in [6, 6.07) is 22.2. The predicted molar refractivity (Wildman–Crippen MR) is 127 cm³/mol. The molecule has 1 amide bonds. The number of carbonyl (C=O) groups is 1. The van der Waals surface area contributed by atoms with Crippen LogP contribution in [0, 0.1) is 0 Å². The third kappa shape index (κ3) is 3.89. The molecule has 33 heavy (non-hydrogen) atoms. The topological polar surface area (TPSA) is 74.8 Å². The lowest BCUT2D eigenvalue weighted by Gasteiger charge is -2.37. The number of amides is 1. The molecule has 168 valence electrons. The van der Waals surface area contributed by atoms with Crippen LogP contribution in [0.2, 0.25) is 0 Å². The van der Waals surface area contributed by atoms with Gasteiger partial charge in [-0.3, -0.25) is 4.79 Å². The van der Waals surface area contributed by atoms with Gasteiger partial charge in [0.2, 0.25) is 0 Å². The number of aromatic amines is 1. The summed E-state index contributed by atoms with van der Waals surface area (Å²) in [6.07, 6.45) is 0.0537. The second-order valence-electron chi connectivity index (χ2n) is 8.28. The van der Waals surface area contributed by atoms with Crippen molar-refractivity contribution in [1.82, 2.24) is 9.88 Å². The maximum Gasteiger partial charge on any atom is 0.264 e. The standard InChI is InChI=1S/C27H26N2O4/c1-17(33-21-6-4-3-5-7-21)27(31)29-15-14-22-23-16-19(30)10-13-24(23)28-25(22)26(29)18-8-11-20(32-2)12-9-18/h3-13,16-17,26,28,30H,14-15H2,1-2H3. The van der Waals surface area contributed by atoms with Gasteiger partial charge in [-0.15, -0.1) is 0 Å². The lowest BCUT2D eigenvalue weighted by Crippen LogP contribution is -2.46. The minimum Gasteiger partial charge on any atom is -0.508 e. The van der Waals surface area contributed by atoms with E-state index in [1.165, 1.54) is 0 Å². The normalized spacial score (nSPS) is 16.3. The van der Waals surface area contributed by atoms with Crippen molar-refractivity contribution in [2.75, 3.05) is 13.7 Å². The van der Waals surface area contributed by atoms with Crippen molar-refractivity contribution in [3.05, 3.63) is 89.6 Å². The number of aromatic nitrogens is 1. The summed E-state index contributed by atoms with van der Waals surface area (Å²) >= 11 is 0. The maximum absolute atomic E-state index is 13.6. The van der Waals surface area contributed by atoms with E-state index in [4.69, 9.17) is 9.47 Å². The van der Waals surface area contributed by atoms with Gasteiger partial charge in [0.05, 0.1) is 13.2 Å². The third-order valence-electron chi connectivity index (χ3n) is 6.23. The minimum atomic E-state index is -0.636. The van der Waals surface area contributed by atoms with Gasteiger partial charge >= 0.3 is 0 Å². The van der Waals surface area contributed by atoms with Crippen LogP contribution in [0.1, 0.15) is 29.8 Å². The molecule has 3 aromatic carbocycles. The first kappa shape index (κ1) is 20.9. The van der Waals surface area contributed by atoms with Crippen LogP contribution in [0.3, 0.4) is 0 Å². The van der Waals surface area contributed by atoms with E-state index >= 15 is 0 Å². The molecule has 4 aromatic rings. The number of methoxy groups -OCH3 is 1. The van der Waals surface area contributed by atoms with Gasteiger partial charge in [0, 0.05) is 23.1 Å². The molecular formula is C27H26N2O4. The summed E-state index contributed by atoms with van der Waals surface area (Å²) in [5, 5.41) is 11.0. The average Bonchev–Trinajstić information content (AvgIpc) is 3.21. The number of phenolic OH excluding ortho intramolecular Hbond substituents is 1. The van der Waals surface area contributed by atoms with E-state index < -0.39 is 6.10 Å². The molecular weight excluding hydrogens is 416 g/mol. The monoisotopic (exact) mass is 442 g/mol. The van der Waals surface area contributed by atoms with Crippen molar-refractivity contribution in [2.45, 2.75) is 25.5 Å². The number of hydrogen-bond acceptors (Lipinski definition) is 4. The zero-order chi connectivity index (χ0) is 22.9. The van der Waals surface area contributed by atoms with E-state index in [2.05, 4.69) is 4.98 Å². The van der Waals surface area contributed by atoms with Crippen molar-refractivity contribution >= 4 is 16.8 Å². The molecule has 0 aliphatic carbocycles. The number of para-hydroxylation sites is 1. The van der Waals surface area contributed by atoms with Gasteiger partial charge in [0.25, 0.3) is 5.91 Å². The van der Waals surface area contributed by atoms with Crippen molar-refractivity contribution in [2.24, 2.45) is 0 Å². The van der Waals surface area contributed by atoms with Gasteiger partial charge in [-0.1, -0.05) is 30.3 Å². The number of aromatic hydroxyl groups is 1. The van der Waals surface area contributed by atoms with Gasteiger partial charge < -0.3 is 24.5 Å². The van der Waals surface area contributed by atoms with E-state index in [9.17, 15) is 9.90 Å². The predicted octanol–water partition coefficient (Wildman–Crippen LogP) is 4.82. The molecule has 6 nitrogen and oxygen atoms in total. The van der Waals surface area contributed by atoms with E-state index in [1.807, 2.05) is 65.6 Å². The Hall–Kier alpha value is -3.93. The van der Waals surface area contributed by atoms with Crippen LogP contribution >= 0.6 is 0 Å². The fraction of sp³-hybridized carbons (Fsp3) is 0.222. The Balaban J connectivity index is 1.55. The van der Waals surface area contributed by atoms with Crippen LogP contribution < -0.4 is 9.47 Å². The Morgan fingerprint density at radius 2 is 1.82 bits per heavy atom. The summed E-state index contributed by atoms with van der Waals surface area (Å²) < 4.78 is 11.3. The van der Waals surface area contributed by atoms with Gasteiger partial charge in [-0.05, 0) is 66.9 Å². The SMILES string of the molecule is COc1ccc(C2c3[nH]c4ccc(O)cc4c3CCN2C(=O)C(C)Oc2ccccc2)cc1. The first-order valence-corrected chi connectivity index (χ1v) is 11.0. The Kier molecular flexibility index (Phi) is 5.42. The van der Waals surface area contributed by atoms with Crippen molar-refractivity contribution in [3.8, 4) is 17.2 Å². The molecule has 1 aliphatic rings. The lowest BCUT2D eigenvalue weighted by molar-refractivity contribution is -0.140. The number of H-pyrrole nitrogens is 1. The molecule has 0 fully saturated rings. The van der Waals surface area contributed by atoms with Crippen LogP contribution in [-0.4, -0.2) is 40.7 Å². The number of carbonyl (C=O) groups excluding carboxylic acids is 1. The highest BCUT2D eigenvalue weighted by Crippen LogP contribution is 2.40. The summed E-state index contributed by atoms with van der Waals surface area (Å²) in [4.78, 5) is 19.0. The minimum absolute atomic E-state index is 0.0770. The van der Waals surface area contributed by atoms with Gasteiger partial charge in [-0.25, -0.2) is 0 Å². The Bertz CT molecular complexity index is 1280. The van der Waals surface area contributed by atoms with E-state index in [-0.39, 0.29) is 17.7 Å². The van der Waals surface area contributed by atoms with Crippen LogP contribution in [0.5, 0.6) is 17.2 Å². The summed E-state index contributed by atoms with van der Waals surface area (Å²) in [5.41, 5.74) is 4.02. The van der Waals surface area contributed by atoms with Gasteiger partial charge in [0.15, 0.2) is 6.10 Å². The van der Waals surface area contributed by atoms with E-state index in [0.29, 0.717) is 18.7 Å². The number of rotatable bonds is 5. The molecule has 0 radical (unpaired) electrons. The highest BCUT2D eigenvalue weighted by molar-refractivity contribution is 5.88. The molecule has 0 saturated heterocycles. The molecule has 2 N–H and O–H groups in total. The molecule has 0 saturated carbocycles. The smallest absolute Gasteiger partial charge is 0.264 e. The van der Waals surface area contributed by atoms with Crippen molar-refractivity contribution in [1.29, 1.82) is 0 Å². The Labute approximate surface area is 192 Å². The number of nitrogens with one attached hydrogen (secondary N) is 1. The second kappa shape index (κ2) is 8.54. The molecule has 1 aliphatic heterocycles. The summed E-state index contributed by atoms with van der Waals surface area (Å²) in [7, 11) is 1.64. The highest BCUT2D eigenvalue weighted by Gasteiger charge is 2.36. The fourth-order valence-corrected chi connectivity index (χ4v) is 4.63. The molecule has 6 heteroatoms. The van der Waals surface area contributed by atoms with E-state index in [0.717, 1.165) is 33.5 Å². The third-order valence-corrected chi connectivity index (χ3v) is 6.23. The van der Waals surface area contributed by atoms with E-state index in [1.54, 1.807) is 26.2 Å². The largest absolute Gasteiger partial charge is 0.508 e. The quantitative estimate of drug-likeness (QED) is 0.465. The summed E-state index contributed by atoms with van der Waals surface area (Å²) in [5.74, 6) is 1.58. The molecule has 0 spiro atoms. The molecule has 5 rings (SSSR count). The molecule has 2 heterocycles. The van der Waals surface area contributed by atoms with Crippen LogP contribution in [0.25, 0.3) is 10.9 Å². The second-order valence-corrected chi connectivity index (χ2v) is 8.28. The fourth-order valence-electron chi connectivity index (χ4n) is 4.63. The van der Waals surface area contributed by atoms with Crippen molar-refractivity contribution < 1.29 is 19.4 Å². The van der Waals surface area contributed by atoms with Crippen molar-refractivity contribution in [3.63, 3.8) is 0 Å². The zero-order valence-electron chi connectivity index (χ0n) is 18.6. The summed E-state index contributed by atoms with van der Waals surface area (Å²) in [6.45, 7) is 2.34. The number of benzene rings is 3. The lowest BCUT2D eigenvalue weighted by atomic mass is 9.92. The zero-order valence-corrected chi connectivity index (χ0v) is 18.6. The first-order valence-electron chi connectivity index (χ1n) is 11.0. The molecule has 2 unspecified atom stereocenters. The number of ether oxygens (including phenoxy) is 2. The number of fused-ring (bicyclic) bond motifs is 3. The number of nitrogens with zero attached hydrogens (tertiary/aromatic N) is 1. The van der Waals surface area contributed by atoms with Gasteiger partial charge in [0.1, 0.15) is 17.2 Å². The molecule has 0 bridgehead atoms. The Morgan fingerprint density at radius 3 is 2.55 bits per heavy atom. The van der Waals surface area contributed by atoms with Crippen LogP contribution in [0.15, 0.2) is 72.8 Å². The van der Waals surface area contributed by atoms with Gasteiger partial charge in [-0.2, -0.15) is 0 Å².